The zero-order chi connectivity index (χ0) is 13.7. The minimum atomic E-state index is -0.635. The van der Waals surface area contributed by atoms with E-state index in [0.29, 0.717) is 12.6 Å². The van der Waals surface area contributed by atoms with Gasteiger partial charge in [0.2, 0.25) is 0 Å². The summed E-state index contributed by atoms with van der Waals surface area (Å²) in [6.45, 7) is 3.95. The number of thiophene rings is 1. The molecule has 0 aromatic carbocycles. The average molecular weight is 281 g/mol. The summed E-state index contributed by atoms with van der Waals surface area (Å²) in [7, 11) is 0. The molecule has 2 atom stereocenters. The van der Waals surface area contributed by atoms with E-state index in [1.54, 1.807) is 11.3 Å². The highest BCUT2D eigenvalue weighted by Crippen LogP contribution is 2.32. The molecular formula is C15H23NO2S. The number of carboxylic acids is 1. The van der Waals surface area contributed by atoms with Crippen LogP contribution in [0.15, 0.2) is 16.8 Å². The van der Waals surface area contributed by atoms with Gasteiger partial charge in [0.1, 0.15) is 0 Å². The molecule has 0 bridgehead atoms. The van der Waals surface area contributed by atoms with Crippen LogP contribution in [0.25, 0.3) is 0 Å². The second-order valence-corrected chi connectivity index (χ2v) is 6.17. The van der Waals surface area contributed by atoms with Crippen LogP contribution in [-0.2, 0) is 4.79 Å². The molecule has 1 aliphatic rings. The zero-order valence-electron chi connectivity index (χ0n) is 11.5. The number of carbonyl (C=O) groups is 1. The van der Waals surface area contributed by atoms with Crippen molar-refractivity contribution in [3.05, 3.63) is 22.4 Å². The fourth-order valence-corrected chi connectivity index (χ4v) is 3.62. The molecule has 0 saturated carbocycles. The van der Waals surface area contributed by atoms with E-state index < -0.39 is 5.97 Å². The number of nitrogens with zero attached hydrogens (tertiary/aromatic N) is 1. The average Bonchev–Trinajstić information content (AvgIpc) is 2.93. The van der Waals surface area contributed by atoms with E-state index in [9.17, 15) is 9.90 Å². The minimum Gasteiger partial charge on any atom is -0.481 e. The van der Waals surface area contributed by atoms with Crippen molar-refractivity contribution in [1.82, 2.24) is 4.90 Å². The fraction of sp³-hybridized carbons (Fsp3) is 0.667. The van der Waals surface area contributed by atoms with Crippen LogP contribution in [-0.4, -0.2) is 29.1 Å². The Balaban J connectivity index is 2.07. The van der Waals surface area contributed by atoms with Crippen molar-refractivity contribution in [2.45, 2.75) is 45.1 Å². The molecule has 1 saturated heterocycles. The fourth-order valence-electron chi connectivity index (χ4n) is 2.91. The predicted molar refractivity (Wildman–Crippen MR) is 78.5 cm³/mol. The third kappa shape index (κ3) is 3.80. The number of hydrogen-bond acceptors (Lipinski definition) is 3. The molecule has 1 aromatic heterocycles. The molecule has 0 radical (unpaired) electrons. The monoisotopic (exact) mass is 281 g/mol. The Hall–Kier alpha value is -0.870. The largest absolute Gasteiger partial charge is 0.481 e. The van der Waals surface area contributed by atoms with Gasteiger partial charge in [-0.1, -0.05) is 19.8 Å². The number of aliphatic carboxylic acids is 1. The van der Waals surface area contributed by atoms with Crippen molar-refractivity contribution in [3.63, 3.8) is 0 Å². The molecule has 2 heterocycles. The molecule has 1 N–H and O–H groups in total. The van der Waals surface area contributed by atoms with Gasteiger partial charge in [-0.15, -0.1) is 0 Å². The van der Waals surface area contributed by atoms with Gasteiger partial charge in [0.15, 0.2) is 0 Å². The maximum absolute atomic E-state index is 11.2. The van der Waals surface area contributed by atoms with Crippen LogP contribution in [0.5, 0.6) is 0 Å². The van der Waals surface area contributed by atoms with Crippen LogP contribution < -0.4 is 0 Å². The summed E-state index contributed by atoms with van der Waals surface area (Å²) >= 11 is 1.73. The van der Waals surface area contributed by atoms with Crippen molar-refractivity contribution < 1.29 is 9.90 Å². The van der Waals surface area contributed by atoms with E-state index in [4.69, 9.17) is 0 Å². The van der Waals surface area contributed by atoms with Crippen molar-refractivity contribution >= 4 is 17.3 Å². The van der Waals surface area contributed by atoms with Crippen LogP contribution in [0.3, 0.4) is 0 Å². The highest BCUT2D eigenvalue weighted by Gasteiger charge is 2.30. The molecule has 1 fully saturated rings. The second-order valence-electron chi connectivity index (χ2n) is 5.39. The first-order valence-corrected chi connectivity index (χ1v) is 8.15. The molecule has 19 heavy (non-hydrogen) atoms. The minimum absolute atomic E-state index is 0.184. The molecule has 0 amide bonds. The Morgan fingerprint density at radius 1 is 1.63 bits per heavy atom. The Bertz CT molecular complexity index is 391. The quantitative estimate of drug-likeness (QED) is 0.862. The third-order valence-corrected chi connectivity index (χ3v) is 4.70. The Morgan fingerprint density at radius 3 is 3.11 bits per heavy atom. The van der Waals surface area contributed by atoms with Gasteiger partial charge in [-0.25, -0.2) is 0 Å². The summed E-state index contributed by atoms with van der Waals surface area (Å²) in [5.41, 5.74) is 1.37. The molecule has 2 unspecified atom stereocenters. The van der Waals surface area contributed by atoms with E-state index in [2.05, 4.69) is 28.7 Å². The summed E-state index contributed by atoms with van der Waals surface area (Å²) in [5.74, 6) is -0.819. The molecule has 0 aliphatic carbocycles. The first-order chi connectivity index (χ1) is 9.22. The predicted octanol–water partition coefficient (Wildman–Crippen LogP) is 3.78. The van der Waals surface area contributed by atoms with Gasteiger partial charge >= 0.3 is 5.97 Å². The van der Waals surface area contributed by atoms with E-state index in [-0.39, 0.29) is 5.92 Å². The van der Waals surface area contributed by atoms with Gasteiger partial charge in [0, 0.05) is 12.6 Å². The smallest absolute Gasteiger partial charge is 0.307 e. The molecule has 4 heteroatoms. The van der Waals surface area contributed by atoms with E-state index >= 15 is 0 Å². The lowest BCUT2D eigenvalue weighted by Gasteiger charge is -2.37. The van der Waals surface area contributed by atoms with E-state index in [1.807, 2.05) is 0 Å². The SMILES string of the molecule is CCCCC(c1ccsc1)N1CCCC(C(=O)O)C1. The van der Waals surface area contributed by atoms with E-state index in [1.165, 1.54) is 18.4 Å². The van der Waals surface area contributed by atoms with E-state index in [0.717, 1.165) is 25.8 Å². The lowest BCUT2D eigenvalue weighted by atomic mass is 9.93. The first kappa shape index (κ1) is 14.5. The summed E-state index contributed by atoms with van der Waals surface area (Å²) < 4.78 is 0. The van der Waals surface area contributed by atoms with Crippen LogP contribution in [0.1, 0.15) is 50.6 Å². The van der Waals surface area contributed by atoms with Crippen molar-refractivity contribution in [2.75, 3.05) is 13.1 Å². The number of hydrogen-bond donors (Lipinski definition) is 1. The van der Waals surface area contributed by atoms with Gasteiger partial charge in [-0.3, -0.25) is 9.69 Å². The summed E-state index contributed by atoms with van der Waals surface area (Å²) in [6.07, 6.45) is 5.37. The molecule has 0 spiro atoms. The summed E-state index contributed by atoms with van der Waals surface area (Å²) in [4.78, 5) is 13.6. The number of unbranched alkanes of at least 4 members (excludes halogenated alkanes) is 1. The lowest BCUT2D eigenvalue weighted by molar-refractivity contribution is -0.144. The standard InChI is InChI=1S/C15H23NO2S/c1-2-3-6-14(13-7-9-19-11-13)16-8-4-5-12(10-16)15(17)18/h7,9,11-12,14H,2-6,8,10H2,1H3,(H,17,18). The molecule has 3 nitrogen and oxygen atoms in total. The molecule has 2 rings (SSSR count). The third-order valence-electron chi connectivity index (χ3n) is 4.00. The summed E-state index contributed by atoms with van der Waals surface area (Å²) in [5, 5.41) is 13.6. The molecule has 106 valence electrons. The van der Waals surface area contributed by atoms with Crippen LogP contribution in [0.4, 0.5) is 0 Å². The number of carboxylic acid groups (broad SMARTS) is 1. The normalized spacial score (nSPS) is 22.3. The van der Waals surface area contributed by atoms with Crippen molar-refractivity contribution in [1.29, 1.82) is 0 Å². The van der Waals surface area contributed by atoms with Crippen molar-refractivity contribution in [2.24, 2.45) is 5.92 Å². The van der Waals surface area contributed by atoms with Gasteiger partial charge in [-0.05, 0) is 48.2 Å². The number of piperidine rings is 1. The second kappa shape index (κ2) is 7.06. The number of rotatable bonds is 6. The lowest BCUT2D eigenvalue weighted by Crippen LogP contribution is -2.40. The highest BCUT2D eigenvalue weighted by molar-refractivity contribution is 7.07. The zero-order valence-corrected chi connectivity index (χ0v) is 12.4. The maximum Gasteiger partial charge on any atom is 0.307 e. The van der Waals surface area contributed by atoms with Gasteiger partial charge in [-0.2, -0.15) is 11.3 Å². The first-order valence-electron chi connectivity index (χ1n) is 7.21. The maximum atomic E-state index is 11.2. The molecule has 1 aromatic rings. The van der Waals surface area contributed by atoms with Crippen LogP contribution >= 0.6 is 11.3 Å². The Kier molecular flexibility index (Phi) is 5.40. The number of likely N-dealkylation sites (tertiary alicyclic amines) is 1. The highest BCUT2D eigenvalue weighted by atomic mass is 32.1. The van der Waals surface area contributed by atoms with Crippen LogP contribution in [0.2, 0.25) is 0 Å². The van der Waals surface area contributed by atoms with Crippen LogP contribution in [0, 0.1) is 5.92 Å². The Morgan fingerprint density at radius 2 is 2.47 bits per heavy atom. The van der Waals surface area contributed by atoms with Gasteiger partial charge in [0.25, 0.3) is 0 Å². The van der Waals surface area contributed by atoms with Gasteiger partial charge < -0.3 is 5.11 Å². The summed E-state index contributed by atoms with van der Waals surface area (Å²) in [6, 6.07) is 2.60. The van der Waals surface area contributed by atoms with Gasteiger partial charge in [0.05, 0.1) is 5.92 Å². The topological polar surface area (TPSA) is 40.5 Å². The Labute approximate surface area is 119 Å². The molecule has 1 aliphatic heterocycles. The van der Waals surface area contributed by atoms with Crippen molar-refractivity contribution in [3.8, 4) is 0 Å². The molecular weight excluding hydrogens is 258 g/mol.